The number of carbonyl (C=O) groups is 1. The van der Waals surface area contributed by atoms with Crippen molar-refractivity contribution in [1.82, 2.24) is 29.5 Å². The molecule has 0 aliphatic heterocycles. The zero-order valence-electron chi connectivity index (χ0n) is 21.6. The van der Waals surface area contributed by atoms with Crippen molar-refractivity contribution in [2.75, 3.05) is 24.3 Å². The van der Waals surface area contributed by atoms with Crippen molar-refractivity contribution < 1.29 is 14.6 Å². The van der Waals surface area contributed by atoms with Crippen LogP contribution in [0.3, 0.4) is 0 Å². The third-order valence-corrected chi connectivity index (χ3v) is 6.84. The number of rotatable bonds is 8. The molecule has 0 spiro atoms. The number of hydrogen-bond acceptors (Lipinski definition) is 9. The van der Waals surface area contributed by atoms with Gasteiger partial charge in [0.15, 0.2) is 17.2 Å². The van der Waals surface area contributed by atoms with Crippen LogP contribution in [-0.4, -0.2) is 68.4 Å². The van der Waals surface area contributed by atoms with E-state index in [1.54, 1.807) is 56.4 Å². The number of hydrogen-bond donors (Lipinski definition) is 3. The maximum atomic E-state index is 13.3. The van der Waals surface area contributed by atoms with E-state index in [1.807, 2.05) is 19.1 Å². The topological polar surface area (TPSA) is 139 Å². The van der Waals surface area contributed by atoms with Crippen LogP contribution >= 0.6 is 0 Å². The number of carbonyl (C=O) groups excluding carboxylic acids is 1. The number of methoxy groups -OCH3 is 1. The van der Waals surface area contributed by atoms with Crippen molar-refractivity contribution >= 4 is 35.8 Å². The molecule has 4 aromatic rings. The highest BCUT2D eigenvalue weighted by Gasteiger charge is 2.33. The van der Waals surface area contributed by atoms with E-state index in [1.165, 1.54) is 15.3 Å². The largest absolute Gasteiger partial charge is 0.432 e. The van der Waals surface area contributed by atoms with Gasteiger partial charge in [-0.3, -0.25) is 19.1 Å². The van der Waals surface area contributed by atoms with Gasteiger partial charge in [-0.25, -0.2) is 9.50 Å². The molecule has 1 aliphatic carbocycles. The smallest absolute Gasteiger partial charge is 0.409 e. The molecule has 0 saturated heterocycles. The van der Waals surface area contributed by atoms with E-state index in [0.29, 0.717) is 22.8 Å². The second-order valence-corrected chi connectivity index (χ2v) is 9.35. The first-order valence-corrected chi connectivity index (χ1v) is 12.3. The lowest BCUT2D eigenvalue weighted by atomic mass is 9.85. The van der Waals surface area contributed by atoms with Gasteiger partial charge in [0.1, 0.15) is 5.69 Å². The van der Waals surface area contributed by atoms with Crippen molar-refractivity contribution in [3.05, 3.63) is 70.7 Å². The number of amides is 1. The first-order chi connectivity index (χ1) is 18.3. The highest BCUT2D eigenvalue weighted by Crippen LogP contribution is 2.27. The van der Waals surface area contributed by atoms with Crippen LogP contribution in [0.5, 0.6) is 0 Å². The van der Waals surface area contributed by atoms with Crippen LogP contribution in [0, 0.1) is 6.92 Å². The molecule has 4 heterocycles. The highest BCUT2D eigenvalue weighted by molar-refractivity contribution is 6.53. The number of aromatic nitrogens is 5. The molecule has 0 radical (unpaired) electrons. The van der Waals surface area contributed by atoms with Crippen molar-refractivity contribution in [2.24, 2.45) is 0 Å². The summed E-state index contributed by atoms with van der Waals surface area (Å²) < 4.78 is 8.29. The predicted octanol–water partition coefficient (Wildman–Crippen LogP) is 1.78. The summed E-state index contributed by atoms with van der Waals surface area (Å²) in [5.74, 6) is -0.0455. The van der Waals surface area contributed by atoms with Crippen molar-refractivity contribution in [3.63, 3.8) is 0 Å². The Morgan fingerprint density at radius 3 is 2.71 bits per heavy atom. The summed E-state index contributed by atoms with van der Waals surface area (Å²) in [4.78, 5) is 36.7. The summed E-state index contributed by atoms with van der Waals surface area (Å²) in [6, 6.07) is 8.63. The Labute approximate surface area is 219 Å². The number of fused-ring (bicyclic) bond motifs is 1. The average molecular weight is 516 g/mol. The van der Waals surface area contributed by atoms with Crippen molar-refractivity contribution in [1.29, 1.82) is 0 Å². The van der Waals surface area contributed by atoms with Gasteiger partial charge >= 0.3 is 7.05 Å². The lowest BCUT2D eigenvalue weighted by Gasteiger charge is -2.35. The van der Waals surface area contributed by atoms with Crippen LogP contribution in [0.15, 0.2) is 53.7 Å². The third-order valence-electron chi connectivity index (χ3n) is 6.84. The SMILES string of the molecule is CO[C@@H]1CC[C@H]1NC(=O)c1cnc2c(N(C)B(C)O)cc(Nc3cccn(-c4ccc(C)nc4)c3=O)nn12. The number of pyridine rings is 2. The molecule has 38 heavy (non-hydrogen) atoms. The van der Waals surface area contributed by atoms with Crippen LogP contribution in [0.1, 0.15) is 29.0 Å². The molecule has 1 saturated carbocycles. The van der Waals surface area contributed by atoms with E-state index >= 15 is 0 Å². The van der Waals surface area contributed by atoms with Gasteiger partial charge < -0.3 is 25.2 Å². The minimum absolute atomic E-state index is 0.0239. The van der Waals surface area contributed by atoms with Gasteiger partial charge in [-0.1, -0.05) is 0 Å². The van der Waals surface area contributed by atoms with E-state index in [9.17, 15) is 14.6 Å². The first-order valence-electron chi connectivity index (χ1n) is 12.3. The van der Waals surface area contributed by atoms with E-state index in [0.717, 1.165) is 18.5 Å². The molecule has 196 valence electrons. The van der Waals surface area contributed by atoms with E-state index in [-0.39, 0.29) is 35.0 Å². The zero-order chi connectivity index (χ0) is 27.0. The van der Waals surface area contributed by atoms with Gasteiger partial charge in [-0.15, -0.1) is 5.10 Å². The summed E-state index contributed by atoms with van der Waals surface area (Å²) in [5, 5.41) is 20.9. The number of ether oxygens (including phenoxy) is 1. The quantitative estimate of drug-likeness (QED) is 0.299. The van der Waals surface area contributed by atoms with Gasteiger partial charge in [-0.2, -0.15) is 0 Å². The maximum Gasteiger partial charge on any atom is 0.409 e. The standard InChI is InChI=1S/C25H29BN8O4/c1-15-7-8-16(13-27-15)33-11-5-6-18(25(33)36)29-22-12-19(32(3)26(2)37)23-28-14-20(34(23)31-22)24(35)30-17-9-10-21(17)38-4/h5-8,11-14,17,21,37H,9-10H2,1-4H3,(H,29,31)(H,30,35)/t17-,21-/m1/s1. The van der Waals surface area contributed by atoms with Crippen LogP contribution in [-0.2, 0) is 4.74 Å². The van der Waals surface area contributed by atoms with Crippen LogP contribution < -0.4 is 21.0 Å². The minimum atomic E-state index is -0.844. The van der Waals surface area contributed by atoms with E-state index in [2.05, 4.69) is 25.7 Å². The molecule has 2 atom stereocenters. The van der Waals surface area contributed by atoms with Gasteiger partial charge in [0, 0.05) is 25.1 Å². The molecule has 13 heteroatoms. The van der Waals surface area contributed by atoms with Gasteiger partial charge in [-0.05, 0) is 57.9 Å². The zero-order valence-corrected chi connectivity index (χ0v) is 21.6. The molecular weight excluding hydrogens is 487 g/mol. The van der Waals surface area contributed by atoms with Crippen LogP contribution in [0.25, 0.3) is 11.3 Å². The summed E-state index contributed by atoms with van der Waals surface area (Å²) in [7, 11) is 2.49. The Kier molecular flexibility index (Phi) is 6.87. The molecule has 5 rings (SSSR count). The molecular formula is C25H29BN8O4. The Morgan fingerprint density at radius 1 is 1.24 bits per heavy atom. The van der Waals surface area contributed by atoms with Gasteiger partial charge in [0.2, 0.25) is 0 Å². The summed E-state index contributed by atoms with van der Waals surface area (Å²) in [5.41, 5.74) is 2.58. The first kappa shape index (κ1) is 25.4. The lowest BCUT2D eigenvalue weighted by Crippen LogP contribution is -2.51. The Hall–Kier alpha value is -4.23. The minimum Gasteiger partial charge on any atom is -0.432 e. The fraction of sp³-hybridized carbons (Fsp3) is 0.320. The van der Waals surface area contributed by atoms with Crippen molar-refractivity contribution in [3.8, 4) is 5.69 Å². The molecule has 1 fully saturated rings. The number of nitrogens with zero attached hydrogens (tertiary/aromatic N) is 6. The van der Waals surface area contributed by atoms with E-state index < -0.39 is 7.05 Å². The van der Waals surface area contributed by atoms with Crippen molar-refractivity contribution in [2.45, 2.75) is 38.7 Å². The molecule has 0 bridgehead atoms. The molecule has 12 nitrogen and oxygen atoms in total. The maximum absolute atomic E-state index is 13.3. The lowest BCUT2D eigenvalue weighted by molar-refractivity contribution is 0.00718. The number of imidazole rings is 1. The fourth-order valence-electron chi connectivity index (χ4n) is 4.32. The Morgan fingerprint density at radius 2 is 2.05 bits per heavy atom. The van der Waals surface area contributed by atoms with Crippen LogP contribution in [0.4, 0.5) is 17.2 Å². The Balaban J connectivity index is 1.54. The number of anilines is 3. The predicted molar refractivity (Wildman–Crippen MR) is 144 cm³/mol. The Bertz CT molecular complexity index is 1530. The monoisotopic (exact) mass is 516 g/mol. The van der Waals surface area contributed by atoms with Gasteiger partial charge in [0.05, 0.1) is 35.9 Å². The molecule has 1 aliphatic rings. The fourth-order valence-corrected chi connectivity index (χ4v) is 4.32. The average Bonchev–Trinajstić information content (AvgIpc) is 3.32. The second kappa shape index (κ2) is 10.3. The number of nitrogens with one attached hydrogen (secondary N) is 2. The normalized spacial score (nSPS) is 16.7. The molecule has 0 unspecified atom stereocenters. The number of aryl methyl sites for hydroxylation is 1. The summed E-state index contributed by atoms with van der Waals surface area (Å²) in [6.45, 7) is 3.49. The molecule has 4 aromatic heterocycles. The summed E-state index contributed by atoms with van der Waals surface area (Å²) >= 11 is 0. The second-order valence-electron chi connectivity index (χ2n) is 9.35. The molecule has 1 amide bonds. The molecule has 0 aromatic carbocycles. The molecule has 3 N–H and O–H groups in total. The highest BCUT2D eigenvalue weighted by atomic mass is 16.5. The third kappa shape index (κ3) is 4.73. The van der Waals surface area contributed by atoms with Crippen LogP contribution in [0.2, 0.25) is 6.82 Å². The van der Waals surface area contributed by atoms with Gasteiger partial charge in [0.25, 0.3) is 11.5 Å². The summed E-state index contributed by atoms with van der Waals surface area (Å²) in [6.07, 6.45) is 6.43. The van der Waals surface area contributed by atoms with E-state index in [4.69, 9.17) is 4.74 Å².